The lowest BCUT2D eigenvalue weighted by molar-refractivity contribution is -0.137. The molecule has 1 aromatic heterocycles. The van der Waals surface area contributed by atoms with Crippen LogP contribution in [0.5, 0.6) is 0 Å². The summed E-state index contributed by atoms with van der Waals surface area (Å²) in [6, 6.07) is 16.4. The van der Waals surface area contributed by atoms with Gasteiger partial charge in [0.15, 0.2) is 0 Å². The molecule has 28 heavy (non-hydrogen) atoms. The summed E-state index contributed by atoms with van der Waals surface area (Å²) in [5.41, 5.74) is 2.70. The van der Waals surface area contributed by atoms with Crippen LogP contribution in [-0.4, -0.2) is 4.98 Å². The summed E-state index contributed by atoms with van der Waals surface area (Å²) >= 11 is 0. The second kappa shape index (κ2) is 8.02. The molecule has 0 aliphatic heterocycles. The van der Waals surface area contributed by atoms with Crippen LogP contribution in [0.1, 0.15) is 61.3 Å². The van der Waals surface area contributed by atoms with Gasteiger partial charge in [-0.15, -0.1) is 0 Å². The minimum atomic E-state index is -4.27. The molecule has 2 unspecified atom stereocenters. The summed E-state index contributed by atoms with van der Waals surface area (Å²) in [6.07, 6.45) is 3.35. The smallest absolute Gasteiger partial charge is 0.358 e. The van der Waals surface area contributed by atoms with E-state index in [0.29, 0.717) is 18.3 Å². The van der Waals surface area contributed by atoms with Gasteiger partial charge in [-0.1, -0.05) is 55.7 Å². The highest BCUT2D eigenvalue weighted by molar-refractivity contribution is 5.80. The Labute approximate surface area is 164 Å². The molecule has 0 radical (unpaired) electrons. The Morgan fingerprint density at radius 3 is 2.54 bits per heavy atom. The van der Waals surface area contributed by atoms with Crippen LogP contribution in [0.4, 0.5) is 13.2 Å². The van der Waals surface area contributed by atoms with Gasteiger partial charge in [0.05, 0.1) is 5.56 Å². The van der Waals surface area contributed by atoms with Crippen molar-refractivity contribution in [2.45, 2.75) is 57.0 Å². The van der Waals surface area contributed by atoms with Crippen molar-refractivity contribution in [3.05, 3.63) is 71.4 Å². The second-order valence-electron chi connectivity index (χ2n) is 8.05. The maximum atomic E-state index is 13.0. The van der Waals surface area contributed by atoms with Crippen LogP contribution in [-0.2, 0) is 12.6 Å². The standard InChI is InChI=1S/C24H26F3N/c25-24(26,27)20-10-6-7-17(15-20)13-14-18-8-2-1-3-11-21(18)23-16-19-9-4-5-12-22(19)28-23/h4-7,9-10,12,15-16,18,21,28H,1-3,8,11,13-14H2. The van der Waals surface area contributed by atoms with E-state index in [9.17, 15) is 13.2 Å². The highest BCUT2D eigenvalue weighted by atomic mass is 19.4. The Bertz CT molecular complexity index is 892. The number of halogens is 3. The fourth-order valence-electron chi connectivity index (χ4n) is 4.69. The zero-order valence-corrected chi connectivity index (χ0v) is 15.9. The van der Waals surface area contributed by atoms with E-state index in [-0.39, 0.29) is 0 Å². The fourth-order valence-corrected chi connectivity index (χ4v) is 4.69. The first-order chi connectivity index (χ1) is 13.5. The lowest BCUT2D eigenvalue weighted by Gasteiger charge is -2.24. The molecule has 4 heteroatoms. The number of H-pyrrole nitrogens is 1. The molecule has 0 amide bonds. The van der Waals surface area contributed by atoms with Crippen LogP contribution >= 0.6 is 0 Å². The van der Waals surface area contributed by atoms with E-state index in [0.717, 1.165) is 30.9 Å². The normalized spacial score (nSPS) is 21.0. The minimum absolute atomic E-state index is 0.459. The zero-order chi connectivity index (χ0) is 19.6. The molecule has 148 valence electrons. The van der Waals surface area contributed by atoms with Gasteiger partial charge < -0.3 is 4.98 Å². The molecule has 0 bridgehead atoms. The molecule has 1 heterocycles. The number of alkyl halides is 3. The van der Waals surface area contributed by atoms with Crippen LogP contribution in [0.25, 0.3) is 10.9 Å². The first-order valence-corrected chi connectivity index (χ1v) is 10.2. The van der Waals surface area contributed by atoms with Crippen molar-refractivity contribution in [2.75, 3.05) is 0 Å². The second-order valence-corrected chi connectivity index (χ2v) is 8.05. The number of aromatic nitrogens is 1. The van der Waals surface area contributed by atoms with Gasteiger partial charge >= 0.3 is 6.18 Å². The number of rotatable bonds is 4. The molecule has 2 atom stereocenters. The third-order valence-electron chi connectivity index (χ3n) is 6.17. The summed E-state index contributed by atoms with van der Waals surface area (Å²) < 4.78 is 39.0. The highest BCUT2D eigenvalue weighted by Gasteiger charge is 2.31. The van der Waals surface area contributed by atoms with Crippen molar-refractivity contribution >= 4 is 10.9 Å². The van der Waals surface area contributed by atoms with Crippen molar-refractivity contribution in [1.29, 1.82) is 0 Å². The first-order valence-electron chi connectivity index (χ1n) is 10.2. The Balaban J connectivity index is 1.52. The van der Waals surface area contributed by atoms with E-state index >= 15 is 0 Å². The molecule has 0 saturated heterocycles. The number of hydrogen-bond acceptors (Lipinski definition) is 0. The quantitative estimate of drug-likeness (QED) is 0.448. The summed E-state index contributed by atoms with van der Waals surface area (Å²) in [5, 5.41) is 1.23. The van der Waals surface area contributed by atoms with Gasteiger partial charge in [-0.2, -0.15) is 13.2 Å². The van der Waals surface area contributed by atoms with E-state index in [1.807, 2.05) is 12.1 Å². The molecular formula is C24H26F3N. The van der Waals surface area contributed by atoms with Crippen LogP contribution in [0.15, 0.2) is 54.6 Å². The van der Waals surface area contributed by atoms with Crippen LogP contribution in [0.2, 0.25) is 0 Å². The summed E-state index contributed by atoms with van der Waals surface area (Å²) in [6.45, 7) is 0. The Hall–Kier alpha value is -2.23. The lowest BCUT2D eigenvalue weighted by atomic mass is 9.81. The molecule has 1 fully saturated rings. The lowest BCUT2D eigenvalue weighted by Crippen LogP contribution is -2.13. The van der Waals surface area contributed by atoms with Gasteiger partial charge in [0.2, 0.25) is 0 Å². The van der Waals surface area contributed by atoms with Crippen molar-refractivity contribution in [3.63, 3.8) is 0 Å². The van der Waals surface area contributed by atoms with Gasteiger partial charge in [-0.25, -0.2) is 0 Å². The third-order valence-corrected chi connectivity index (χ3v) is 6.17. The number of para-hydroxylation sites is 1. The number of fused-ring (bicyclic) bond motifs is 1. The van der Waals surface area contributed by atoms with E-state index < -0.39 is 11.7 Å². The molecule has 4 rings (SSSR count). The van der Waals surface area contributed by atoms with Gasteiger partial charge in [-0.05, 0) is 60.7 Å². The number of hydrogen-bond donors (Lipinski definition) is 1. The SMILES string of the molecule is FC(F)(F)c1cccc(CCC2CCCCCC2c2cc3ccccc3[nH]2)c1. The average molecular weight is 385 g/mol. The van der Waals surface area contributed by atoms with E-state index in [1.165, 1.54) is 48.0 Å². The predicted molar refractivity (Wildman–Crippen MR) is 107 cm³/mol. The van der Waals surface area contributed by atoms with Crippen molar-refractivity contribution < 1.29 is 13.2 Å². The summed E-state index contributed by atoms with van der Waals surface area (Å²) in [4.78, 5) is 3.60. The van der Waals surface area contributed by atoms with Gasteiger partial charge in [0.1, 0.15) is 0 Å². The maximum absolute atomic E-state index is 13.0. The van der Waals surface area contributed by atoms with Crippen LogP contribution in [0, 0.1) is 5.92 Å². The third kappa shape index (κ3) is 4.26. The average Bonchev–Trinajstić information content (AvgIpc) is 2.97. The number of aryl methyl sites for hydroxylation is 1. The Kier molecular flexibility index (Phi) is 5.47. The van der Waals surface area contributed by atoms with Crippen molar-refractivity contribution in [1.82, 2.24) is 4.98 Å². The van der Waals surface area contributed by atoms with Gasteiger partial charge in [0.25, 0.3) is 0 Å². The molecule has 2 aromatic carbocycles. The molecule has 1 saturated carbocycles. The van der Waals surface area contributed by atoms with Crippen molar-refractivity contribution in [3.8, 4) is 0 Å². The number of benzene rings is 2. The topological polar surface area (TPSA) is 15.8 Å². The summed E-state index contributed by atoms with van der Waals surface area (Å²) in [5.74, 6) is 0.964. The molecule has 1 aliphatic carbocycles. The fraction of sp³-hybridized carbons (Fsp3) is 0.417. The van der Waals surface area contributed by atoms with Crippen LogP contribution in [0.3, 0.4) is 0 Å². The van der Waals surface area contributed by atoms with Gasteiger partial charge in [-0.3, -0.25) is 0 Å². The highest BCUT2D eigenvalue weighted by Crippen LogP contribution is 2.40. The number of nitrogens with one attached hydrogen (secondary N) is 1. The molecule has 1 N–H and O–H groups in total. The minimum Gasteiger partial charge on any atom is -0.358 e. The largest absolute Gasteiger partial charge is 0.416 e. The predicted octanol–water partition coefficient (Wildman–Crippen LogP) is 7.48. The maximum Gasteiger partial charge on any atom is 0.416 e. The monoisotopic (exact) mass is 385 g/mol. The summed E-state index contributed by atoms with van der Waals surface area (Å²) in [7, 11) is 0. The molecule has 1 aliphatic rings. The molecular weight excluding hydrogens is 359 g/mol. The molecule has 0 spiro atoms. The Morgan fingerprint density at radius 2 is 1.71 bits per heavy atom. The van der Waals surface area contributed by atoms with Crippen molar-refractivity contribution in [2.24, 2.45) is 5.92 Å². The Morgan fingerprint density at radius 1 is 0.893 bits per heavy atom. The molecule has 3 aromatic rings. The van der Waals surface area contributed by atoms with Crippen LogP contribution < -0.4 is 0 Å². The molecule has 1 nitrogen and oxygen atoms in total. The van der Waals surface area contributed by atoms with Gasteiger partial charge in [0, 0.05) is 17.1 Å². The zero-order valence-electron chi connectivity index (χ0n) is 15.9. The van der Waals surface area contributed by atoms with E-state index in [2.05, 4.69) is 29.2 Å². The number of aromatic amines is 1. The van der Waals surface area contributed by atoms with E-state index in [4.69, 9.17) is 0 Å². The first kappa shape index (κ1) is 19.1. The van der Waals surface area contributed by atoms with E-state index in [1.54, 1.807) is 0 Å².